The molecule has 3 heteroatoms. The van der Waals surface area contributed by atoms with Crippen LogP contribution in [-0.4, -0.2) is 19.5 Å². The minimum Gasteiger partial charge on any atom is -0.542 e. The van der Waals surface area contributed by atoms with E-state index in [4.69, 9.17) is 4.79 Å². The van der Waals surface area contributed by atoms with Gasteiger partial charge in [-0.25, -0.2) is 0 Å². The maximum Gasteiger partial charge on any atom is 0.0322 e. The Morgan fingerprint density at radius 3 is 1.78 bits per heavy atom. The summed E-state index contributed by atoms with van der Waals surface area (Å²) in [7, 11) is 1.64. The smallest absolute Gasteiger partial charge is 0.0322 e. The zero-order chi connectivity index (χ0) is 6.99. The number of methoxy groups -OCH3 is 1. The molecule has 0 aromatic carbocycles. The number of carbonyl (C=O) groups excluding carboxylic acids is 1. The van der Waals surface area contributed by atoms with E-state index in [0.717, 1.165) is 0 Å². The molecular weight excluding hydrogens is 193 g/mol. The van der Waals surface area contributed by atoms with Crippen LogP contribution in [0.5, 0.6) is 0 Å². The molecule has 0 bridgehead atoms. The molecule has 0 rings (SSSR count). The van der Waals surface area contributed by atoms with Crippen molar-refractivity contribution < 1.29 is 42.2 Å². The molecule has 0 N–H and O–H groups in total. The Morgan fingerprint density at radius 1 is 1.67 bits per heavy atom. The first kappa shape index (κ1) is 16.4. The monoisotopic (exact) mass is 205 g/mol. The molecule has 1 radical (unpaired) electrons. The second-order valence-electron chi connectivity index (χ2n) is 1.25. The van der Waals surface area contributed by atoms with E-state index < -0.39 is 0 Å². The van der Waals surface area contributed by atoms with E-state index in [1.165, 1.54) is 13.2 Å². The van der Waals surface area contributed by atoms with Crippen LogP contribution >= 0.6 is 0 Å². The van der Waals surface area contributed by atoms with Crippen molar-refractivity contribution in [3.63, 3.8) is 0 Å². The molecule has 0 spiro atoms. The first-order valence-corrected chi connectivity index (χ1v) is 2.33. The third-order valence-electron chi connectivity index (χ3n) is 0.402. The topological polar surface area (TPSA) is 26.3 Å². The summed E-state index contributed by atoms with van der Waals surface area (Å²) in [6, 6.07) is 0. The number of hydrogen-bond donors (Lipinski definition) is 0. The molecule has 0 aliphatic carbocycles. The predicted octanol–water partition coefficient (Wildman–Crippen LogP) is 0.969. The van der Waals surface area contributed by atoms with Crippen molar-refractivity contribution >= 4 is 6.29 Å². The summed E-state index contributed by atoms with van der Waals surface area (Å²) in [5.74, 6) is 0. The molecule has 9 heavy (non-hydrogen) atoms. The van der Waals surface area contributed by atoms with Gasteiger partial charge in [0.2, 0.25) is 0 Å². The molecule has 0 saturated carbocycles. The Hall–Kier alpha value is 0.734. The van der Waals surface area contributed by atoms with Gasteiger partial charge in [0.05, 0.1) is 0 Å². The Bertz CT molecular complexity index is 46.3. The molecule has 0 fully saturated rings. The van der Waals surface area contributed by atoms with Crippen LogP contribution in [0.3, 0.4) is 0 Å². The summed E-state index contributed by atoms with van der Waals surface area (Å²) in [6.07, 6.45) is 1.63. The molecule has 0 saturated heterocycles. The maximum atomic E-state index is 8.68. The van der Waals surface area contributed by atoms with E-state index in [1.807, 2.05) is 6.92 Å². The van der Waals surface area contributed by atoms with Crippen molar-refractivity contribution in [3.8, 4) is 0 Å². The Morgan fingerprint density at radius 2 is 1.78 bits per heavy atom. The van der Waals surface area contributed by atoms with Gasteiger partial charge >= 0.3 is 0 Å². The van der Waals surface area contributed by atoms with E-state index in [2.05, 4.69) is 11.7 Å². The SMILES string of the molecule is C[C-]=O.[CH2-]C(C)OC.[Y]. The Balaban J connectivity index is -0.0000000800. The van der Waals surface area contributed by atoms with E-state index in [0.29, 0.717) is 0 Å². The largest absolute Gasteiger partial charge is 0.542 e. The average Bonchev–Trinajstić information content (AvgIpc) is 1.69. The summed E-state index contributed by atoms with van der Waals surface area (Å²) in [5, 5.41) is 0. The van der Waals surface area contributed by atoms with Crippen LogP contribution in [0, 0.1) is 6.92 Å². The number of rotatable bonds is 1. The average molecular weight is 205 g/mol. The zero-order valence-electron chi connectivity index (χ0n) is 6.18. The number of hydrogen-bond acceptors (Lipinski definition) is 2. The molecule has 0 heterocycles. The molecule has 0 aliphatic heterocycles. The minimum atomic E-state index is 0. The summed E-state index contributed by atoms with van der Waals surface area (Å²) in [6.45, 7) is 6.74. The van der Waals surface area contributed by atoms with Crippen LogP contribution in [-0.2, 0) is 42.2 Å². The van der Waals surface area contributed by atoms with Crippen LogP contribution in [0.25, 0.3) is 0 Å². The predicted molar refractivity (Wildman–Crippen MR) is 33.2 cm³/mol. The van der Waals surface area contributed by atoms with Gasteiger partial charge in [0.15, 0.2) is 0 Å². The van der Waals surface area contributed by atoms with Crippen molar-refractivity contribution in [3.05, 3.63) is 6.92 Å². The van der Waals surface area contributed by atoms with Gasteiger partial charge in [-0.3, -0.25) is 6.29 Å². The van der Waals surface area contributed by atoms with Gasteiger partial charge < -0.3 is 16.5 Å². The molecule has 1 unspecified atom stereocenters. The normalized spacial score (nSPS) is 9.78. The van der Waals surface area contributed by atoms with Crippen LogP contribution in [0.4, 0.5) is 0 Å². The van der Waals surface area contributed by atoms with Gasteiger partial charge in [-0.15, -0.1) is 0 Å². The number of ether oxygens (including phenoxy) is 1. The van der Waals surface area contributed by atoms with E-state index >= 15 is 0 Å². The molecule has 53 valence electrons. The van der Waals surface area contributed by atoms with E-state index in [9.17, 15) is 0 Å². The van der Waals surface area contributed by atoms with Gasteiger partial charge in [-0.05, 0) is 0 Å². The molecule has 0 aromatic rings. The molecule has 2 nitrogen and oxygen atoms in total. The van der Waals surface area contributed by atoms with Crippen molar-refractivity contribution in [1.29, 1.82) is 0 Å². The first-order chi connectivity index (χ1) is 3.68. The Kier molecular flexibility index (Phi) is 28.9. The second-order valence-corrected chi connectivity index (χ2v) is 1.25. The summed E-state index contributed by atoms with van der Waals surface area (Å²) in [5.41, 5.74) is 0. The summed E-state index contributed by atoms with van der Waals surface area (Å²) < 4.78 is 4.64. The fourth-order valence-corrected chi connectivity index (χ4v) is 0. The van der Waals surface area contributed by atoms with Gasteiger partial charge in [0, 0.05) is 39.8 Å². The maximum absolute atomic E-state index is 8.68. The van der Waals surface area contributed by atoms with Gasteiger partial charge in [-0.1, -0.05) is 13.0 Å². The standard InChI is InChI=1S/C4H9O.C2H3O.Y/c1-4(2)5-3;1-2-3;/h4H,1H2,2-3H3;1H3;/q2*-1;. The molecule has 0 amide bonds. The third-order valence-corrected chi connectivity index (χ3v) is 0.402. The van der Waals surface area contributed by atoms with Gasteiger partial charge in [0.1, 0.15) is 0 Å². The molecular formula is C6H12O2Y-2. The molecule has 0 aromatic heterocycles. The van der Waals surface area contributed by atoms with Crippen molar-refractivity contribution in [2.75, 3.05) is 7.11 Å². The quantitative estimate of drug-likeness (QED) is 0.596. The van der Waals surface area contributed by atoms with Crippen LogP contribution in [0.15, 0.2) is 0 Å². The fraction of sp³-hybridized carbons (Fsp3) is 0.667. The van der Waals surface area contributed by atoms with Crippen LogP contribution < -0.4 is 0 Å². The first-order valence-electron chi connectivity index (χ1n) is 2.33. The van der Waals surface area contributed by atoms with Gasteiger partial charge in [0.25, 0.3) is 0 Å². The van der Waals surface area contributed by atoms with E-state index in [-0.39, 0.29) is 38.8 Å². The summed E-state index contributed by atoms with van der Waals surface area (Å²) >= 11 is 0. The second kappa shape index (κ2) is 15.9. The molecule has 0 aliphatic rings. The van der Waals surface area contributed by atoms with Crippen LogP contribution in [0.2, 0.25) is 0 Å². The summed E-state index contributed by atoms with van der Waals surface area (Å²) in [4.78, 5) is 8.68. The van der Waals surface area contributed by atoms with Crippen molar-refractivity contribution in [2.45, 2.75) is 20.0 Å². The zero-order valence-corrected chi connectivity index (χ0v) is 9.02. The Labute approximate surface area is 82.2 Å². The fourth-order valence-electron chi connectivity index (χ4n) is 0. The van der Waals surface area contributed by atoms with E-state index in [1.54, 1.807) is 7.11 Å². The molecule has 1 atom stereocenters. The van der Waals surface area contributed by atoms with Gasteiger partial charge in [-0.2, -0.15) is 6.92 Å². The third kappa shape index (κ3) is 53.0. The minimum absolute atomic E-state index is 0. The van der Waals surface area contributed by atoms with Crippen molar-refractivity contribution in [1.82, 2.24) is 0 Å². The van der Waals surface area contributed by atoms with Crippen LogP contribution in [0.1, 0.15) is 13.8 Å². The van der Waals surface area contributed by atoms with Crippen molar-refractivity contribution in [2.24, 2.45) is 0 Å².